The average Bonchev–Trinajstić information content (AvgIpc) is 3.23. The van der Waals surface area contributed by atoms with Crippen LogP contribution < -0.4 is 4.74 Å². The van der Waals surface area contributed by atoms with E-state index in [1.165, 1.54) is 24.8 Å². The van der Waals surface area contributed by atoms with E-state index in [4.69, 9.17) is 9.72 Å². The maximum Gasteiger partial charge on any atom is 0.217 e. The SMILES string of the molecule is Oc1ccc2c3c(cc(Oc4[c-]c5c(cc4)c4ccccc4n5-c4cc(C5CCC5)ccn4)nc13)C=CC2.[Pt]. The van der Waals surface area contributed by atoms with E-state index >= 15 is 0 Å². The van der Waals surface area contributed by atoms with Gasteiger partial charge in [0.2, 0.25) is 5.88 Å². The van der Waals surface area contributed by atoms with Gasteiger partial charge >= 0.3 is 0 Å². The molecule has 1 saturated carbocycles. The zero-order chi connectivity index (χ0) is 25.2. The monoisotopic (exact) mass is 689 g/mol. The molecule has 0 spiro atoms. The first-order chi connectivity index (χ1) is 18.7. The first-order valence-corrected chi connectivity index (χ1v) is 13.1. The molecule has 6 aromatic rings. The molecule has 39 heavy (non-hydrogen) atoms. The van der Waals surface area contributed by atoms with Gasteiger partial charge in [-0.15, -0.1) is 17.5 Å². The third kappa shape index (κ3) is 3.87. The Morgan fingerprint density at radius 2 is 1.87 bits per heavy atom. The molecule has 1 N–H and O–H groups in total. The third-order valence-corrected chi connectivity index (χ3v) is 8.01. The molecule has 0 radical (unpaired) electrons. The zero-order valence-electron chi connectivity index (χ0n) is 21.0. The minimum Gasteiger partial charge on any atom is -0.506 e. The molecular weight excluding hydrogens is 665 g/mol. The van der Waals surface area contributed by atoms with Crippen LogP contribution in [0.5, 0.6) is 17.4 Å². The maximum absolute atomic E-state index is 10.5. The molecule has 0 unspecified atom stereocenters. The second-order valence-corrected chi connectivity index (χ2v) is 10.2. The van der Waals surface area contributed by atoms with Crippen LogP contribution in [0.4, 0.5) is 0 Å². The molecule has 0 atom stereocenters. The second kappa shape index (κ2) is 9.36. The van der Waals surface area contributed by atoms with E-state index in [1.807, 2.05) is 24.4 Å². The van der Waals surface area contributed by atoms with Crippen molar-refractivity contribution in [3.8, 4) is 23.2 Å². The maximum atomic E-state index is 10.5. The largest absolute Gasteiger partial charge is 0.506 e. The Morgan fingerprint density at radius 1 is 0.974 bits per heavy atom. The van der Waals surface area contributed by atoms with Gasteiger partial charge in [-0.25, -0.2) is 9.97 Å². The Hall–Kier alpha value is -3.95. The van der Waals surface area contributed by atoms with Gasteiger partial charge < -0.3 is 14.4 Å². The number of ether oxygens (including phenoxy) is 1. The van der Waals surface area contributed by atoms with Gasteiger partial charge in [0.1, 0.15) is 17.1 Å². The molecule has 8 rings (SSSR count). The van der Waals surface area contributed by atoms with E-state index < -0.39 is 0 Å². The summed E-state index contributed by atoms with van der Waals surface area (Å²) in [6.07, 6.45) is 10.7. The van der Waals surface area contributed by atoms with Gasteiger partial charge in [-0.3, -0.25) is 0 Å². The topological polar surface area (TPSA) is 60.2 Å². The van der Waals surface area contributed by atoms with Crippen LogP contribution >= 0.6 is 0 Å². The molecule has 5 nitrogen and oxygen atoms in total. The molecule has 0 saturated heterocycles. The summed E-state index contributed by atoms with van der Waals surface area (Å²) >= 11 is 0. The minimum atomic E-state index is 0. The smallest absolute Gasteiger partial charge is 0.217 e. The van der Waals surface area contributed by atoms with Crippen LogP contribution in [-0.2, 0) is 27.5 Å². The van der Waals surface area contributed by atoms with Crippen LogP contribution in [0.25, 0.3) is 44.6 Å². The predicted octanol–water partition coefficient (Wildman–Crippen LogP) is 7.86. The van der Waals surface area contributed by atoms with Crippen LogP contribution in [0.1, 0.15) is 41.9 Å². The van der Waals surface area contributed by atoms with Crippen molar-refractivity contribution in [2.45, 2.75) is 31.6 Å². The summed E-state index contributed by atoms with van der Waals surface area (Å²) in [5, 5.41) is 13.8. The predicted molar refractivity (Wildman–Crippen MR) is 150 cm³/mol. The van der Waals surface area contributed by atoms with E-state index in [2.05, 4.69) is 70.2 Å². The second-order valence-electron chi connectivity index (χ2n) is 10.2. The van der Waals surface area contributed by atoms with Gasteiger partial charge in [0.15, 0.2) is 0 Å². The Balaban J connectivity index is 0.00000253. The Morgan fingerprint density at radius 3 is 2.74 bits per heavy atom. The fourth-order valence-electron chi connectivity index (χ4n) is 5.91. The standard InChI is InChI=1S/C33H24N3O2.Pt/c37-29-14-11-21-7-4-8-23-18-31(35-33(29)32(21)23)38-24-12-13-26-25-9-1-2-10-27(25)36(28(26)19-24)30-17-22(15-16-34-30)20-5-3-6-20;/h1-2,4,8-18,20,37H,3,5-7H2;/q-1;. The van der Waals surface area contributed by atoms with Gasteiger partial charge in [-0.2, -0.15) is 6.07 Å². The van der Waals surface area contributed by atoms with Crippen molar-refractivity contribution in [3.05, 3.63) is 102 Å². The molecular formula is C33H24N3O2Pt-. The summed E-state index contributed by atoms with van der Waals surface area (Å²) in [6, 6.07) is 25.9. The molecule has 6 heteroatoms. The van der Waals surface area contributed by atoms with Gasteiger partial charge in [-0.1, -0.05) is 48.4 Å². The summed E-state index contributed by atoms with van der Waals surface area (Å²) in [6.45, 7) is 0. The number of aromatic hydroxyl groups is 1. The van der Waals surface area contributed by atoms with E-state index in [9.17, 15) is 5.11 Å². The Bertz CT molecular complexity index is 1940. The van der Waals surface area contributed by atoms with E-state index in [0.29, 0.717) is 23.1 Å². The summed E-state index contributed by atoms with van der Waals surface area (Å²) in [5.74, 6) is 2.66. The van der Waals surface area contributed by atoms with Crippen LogP contribution in [0.3, 0.4) is 0 Å². The number of hydrogen-bond acceptors (Lipinski definition) is 4. The van der Waals surface area contributed by atoms with Crippen molar-refractivity contribution < 1.29 is 30.9 Å². The number of pyridine rings is 2. The number of phenols is 1. The van der Waals surface area contributed by atoms with E-state index in [-0.39, 0.29) is 26.8 Å². The molecule has 3 aromatic carbocycles. The number of para-hydroxylation sites is 1. The van der Waals surface area contributed by atoms with Gasteiger partial charge in [0.05, 0.1) is 0 Å². The number of aromatic nitrogens is 3. The quantitative estimate of drug-likeness (QED) is 0.192. The average molecular weight is 690 g/mol. The molecule has 194 valence electrons. The number of fused-ring (bicyclic) bond motifs is 3. The van der Waals surface area contributed by atoms with E-state index in [1.54, 1.807) is 6.07 Å². The fraction of sp³-hybridized carbons (Fsp3) is 0.152. The molecule has 2 aliphatic carbocycles. The first kappa shape index (κ1) is 24.1. The van der Waals surface area contributed by atoms with Crippen LogP contribution in [0.15, 0.2) is 79.0 Å². The fourth-order valence-corrected chi connectivity index (χ4v) is 5.91. The number of hydrogen-bond donors (Lipinski definition) is 1. The summed E-state index contributed by atoms with van der Waals surface area (Å²) in [7, 11) is 0. The first-order valence-electron chi connectivity index (χ1n) is 13.1. The summed E-state index contributed by atoms with van der Waals surface area (Å²) < 4.78 is 8.46. The Labute approximate surface area is 240 Å². The number of rotatable bonds is 4. The van der Waals surface area contributed by atoms with Crippen molar-refractivity contribution in [2.24, 2.45) is 0 Å². The normalized spacial score (nSPS) is 14.5. The van der Waals surface area contributed by atoms with Crippen molar-refractivity contribution in [1.82, 2.24) is 14.5 Å². The van der Waals surface area contributed by atoms with Crippen molar-refractivity contribution in [1.29, 1.82) is 0 Å². The van der Waals surface area contributed by atoms with Gasteiger partial charge in [0, 0.05) is 50.0 Å². The number of nitrogens with zero attached hydrogens (tertiary/aromatic N) is 3. The minimum absolute atomic E-state index is 0. The molecule has 0 bridgehead atoms. The van der Waals surface area contributed by atoms with Crippen LogP contribution in [0.2, 0.25) is 0 Å². The Kier molecular flexibility index (Phi) is 5.78. The zero-order valence-corrected chi connectivity index (χ0v) is 23.3. The number of benzene rings is 3. The molecule has 0 amide bonds. The van der Waals surface area contributed by atoms with E-state index in [0.717, 1.165) is 50.6 Å². The van der Waals surface area contributed by atoms with Gasteiger partial charge in [-0.05, 0) is 71.5 Å². The number of allylic oxidation sites excluding steroid dienone is 1. The van der Waals surface area contributed by atoms with Crippen molar-refractivity contribution >= 4 is 38.8 Å². The molecule has 2 aliphatic rings. The molecule has 3 aromatic heterocycles. The van der Waals surface area contributed by atoms with Crippen molar-refractivity contribution in [2.75, 3.05) is 0 Å². The number of phenolic OH excluding ortho intramolecular Hbond substituents is 1. The van der Waals surface area contributed by atoms with Crippen LogP contribution in [-0.4, -0.2) is 19.6 Å². The third-order valence-electron chi connectivity index (χ3n) is 8.01. The van der Waals surface area contributed by atoms with Crippen LogP contribution in [0, 0.1) is 6.07 Å². The molecule has 1 fully saturated rings. The summed E-state index contributed by atoms with van der Waals surface area (Å²) in [5.41, 5.74) is 6.06. The molecule has 3 heterocycles. The van der Waals surface area contributed by atoms with Crippen molar-refractivity contribution in [3.63, 3.8) is 0 Å². The summed E-state index contributed by atoms with van der Waals surface area (Å²) in [4.78, 5) is 9.45. The molecule has 0 aliphatic heterocycles. The van der Waals surface area contributed by atoms with Gasteiger partial charge in [0.25, 0.3) is 0 Å².